The van der Waals surface area contributed by atoms with Crippen LogP contribution in [-0.4, -0.2) is 46.8 Å². The fourth-order valence-electron chi connectivity index (χ4n) is 3.14. The van der Waals surface area contributed by atoms with E-state index in [1.807, 2.05) is 31.2 Å². The number of furan rings is 1. The number of aromatic nitrogens is 2. The Balaban J connectivity index is 1.50. The summed E-state index contributed by atoms with van der Waals surface area (Å²) in [7, 11) is 0. The molecule has 0 bridgehead atoms. The first-order chi connectivity index (χ1) is 13.1. The molecule has 7 heteroatoms. The molecule has 0 radical (unpaired) electrons. The van der Waals surface area contributed by atoms with E-state index in [4.69, 9.17) is 4.42 Å². The van der Waals surface area contributed by atoms with Crippen molar-refractivity contribution in [2.24, 2.45) is 0 Å². The molecular weight excluding hydrogens is 344 g/mol. The van der Waals surface area contributed by atoms with E-state index in [0.717, 1.165) is 17.1 Å². The van der Waals surface area contributed by atoms with Crippen LogP contribution in [0.1, 0.15) is 16.1 Å². The van der Waals surface area contributed by atoms with Gasteiger partial charge in [-0.2, -0.15) is 4.68 Å². The van der Waals surface area contributed by atoms with Crippen LogP contribution >= 0.6 is 0 Å². The molecule has 27 heavy (non-hydrogen) atoms. The van der Waals surface area contributed by atoms with Gasteiger partial charge in [0, 0.05) is 32.2 Å². The summed E-state index contributed by atoms with van der Waals surface area (Å²) in [5.41, 5.74) is 1.69. The molecule has 138 valence electrons. The minimum absolute atomic E-state index is 0.0998. The molecule has 0 aliphatic carbocycles. The molecule has 1 amide bonds. The van der Waals surface area contributed by atoms with Gasteiger partial charge in [-0.05, 0) is 37.3 Å². The number of benzene rings is 1. The van der Waals surface area contributed by atoms with Gasteiger partial charge in [0.15, 0.2) is 5.76 Å². The highest BCUT2D eigenvalue weighted by Crippen LogP contribution is 2.15. The number of amides is 1. The summed E-state index contributed by atoms with van der Waals surface area (Å²) in [4.78, 5) is 28.4. The van der Waals surface area contributed by atoms with Crippen LogP contribution in [0.2, 0.25) is 0 Å². The first-order valence-electron chi connectivity index (χ1n) is 8.87. The van der Waals surface area contributed by atoms with Gasteiger partial charge in [0.1, 0.15) is 5.82 Å². The average molecular weight is 364 g/mol. The van der Waals surface area contributed by atoms with Crippen molar-refractivity contribution in [2.45, 2.75) is 6.92 Å². The maximum absolute atomic E-state index is 12.4. The van der Waals surface area contributed by atoms with Gasteiger partial charge in [-0.1, -0.05) is 17.7 Å². The summed E-state index contributed by atoms with van der Waals surface area (Å²) in [6.45, 7) is 4.44. The van der Waals surface area contributed by atoms with E-state index in [2.05, 4.69) is 10.00 Å². The number of aryl methyl sites for hydroxylation is 1. The number of anilines is 1. The lowest BCUT2D eigenvalue weighted by molar-refractivity contribution is 0.0714. The predicted octanol–water partition coefficient (Wildman–Crippen LogP) is 2.10. The highest BCUT2D eigenvalue weighted by atomic mass is 16.3. The normalized spacial score (nSPS) is 14.4. The molecule has 1 aliphatic heterocycles. The Morgan fingerprint density at radius 1 is 1.00 bits per heavy atom. The van der Waals surface area contributed by atoms with Crippen molar-refractivity contribution in [3.05, 3.63) is 76.5 Å². The second-order valence-corrected chi connectivity index (χ2v) is 6.53. The molecule has 1 saturated heterocycles. The lowest BCUT2D eigenvalue weighted by Gasteiger charge is -2.35. The van der Waals surface area contributed by atoms with Gasteiger partial charge in [0.25, 0.3) is 11.5 Å². The molecule has 0 spiro atoms. The lowest BCUT2D eigenvalue weighted by Crippen LogP contribution is -2.49. The molecule has 3 aromatic rings. The Morgan fingerprint density at radius 2 is 1.74 bits per heavy atom. The number of carbonyl (C=O) groups excluding carboxylic acids is 1. The number of carbonyl (C=O) groups is 1. The van der Waals surface area contributed by atoms with Gasteiger partial charge in [-0.15, -0.1) is 5.10 Å². The second kappa shape index (κ2) is 7.11. The van der Waals surface area contributed by atoms with Crippen molar-refractivity contribution in [1.82, 2.24) is 14.7 Å². The summed E-state index contributed by atoms with van der Waals surface area (Å²) >= 11 is 0. The minimum atomic E-state index is -0.172. The fraction of sp³-hybridized carbons (Fsp3) is 0.250. The largest absolute Gasteiger partial charge is 0.459 e. The quantitative estimate of drug-likeness (QED) is 0.712. The zero-order valence-electron chi connectivity index (χ0n) is 15.0. The molecule has 7 nitrogen and oxygen atoms in total. The monoisotopic (exact) mass is 364 g/mol. The van der Waals surface area contributed by atoms with Gasteiger partial charge in [0.2, 0.25) is 0 Å². The summed E-state index contributed by atoms with van der Waals surface area (Å²) in [6, 6.07) is 14.3. The Kier molecular flexibility index (Phi) is 4.50. The third kappa shape index (κ3) is 3.48. The standard InChI is InChI=1S/C20H20N4O3/c1-15-4-6-16(7-5-15)24-19(25)9-8-18(21-24)22-10-12-23(13-11-22)20(26)17-3-2-14-27-17/h2-9,14H,10-13H2,1H3. The molecule has 4 rings (SSSR count). The number of nitrogens with zero attached hydrogens (tertiary/aromatic N) is 4. The summed E-state index contributed by atoms with van der Waals surface area (Å²) < 4.78 is 6.60. The molecule has 1 aliphatic rings. The van der Waals surface area contributed by atoms with Crippen LogP contribution in [0.5, 0.6) is 0 Å². The Morgan fingerprint density at radius 3 is 2.41 bits per heavy atom. The number of piperazine rings is 1. The van der Waals surface area contributed by atoms with E-state index in [1.54, 1.807) is 23.1 Å². The molecule has 1 aromatic carbocycles. The fourth-order valence-corrected chi connectivity index (χ4v) is 3.14. The van der Waals surface area contributed by atoms with Gasteiger partial charge in [-0.3, -0.25) is 9.59 Å². The Hall–Kier alpha value is -3.35. The third-order valence-corrected chi connectivity index (χ3v) is 4.69. The van der Waals surface area contributed by atoms with Crippen molar-refractivity contribution in [3.8, 4) is 5.69 Å². The lowest BCUT2D eigenvalue weighted by atomic mass is 10.2. The van der Waals surface area contributed by atoms with Gasteiger partial charge in [0.05, 0.1) is 12.0 Å². The van der Waals surface area contributed by atoms with Crippen molar-refractivity contribution in [1.29, 1.82) is 0 Å². The highest BCUT2D eigenvalue weighted by Gasteiger charge is 2.24. The minimum Gasteiger partial charge on any atom is -0.459 e. The van der Waals surface area contributed by atoms with E-state index < -0.39 is 0 Å². The van der Waals surface area contributed by atoms with Gasteiger partial charge < -0.3 is 14.2 Å². The zero-order chi connectivity index (χ0) is 18.8. The first kappa shape index (κ1) is 17.1. The van der Waals surface area contributed by atoms with Crippen LogP contribution in [-0.2, 0) is 0 Å². The molecule has 0 unspecified atom stereocenters. The predicted molar refractivity (Wildman–Crippen MR) is 101 cm³/mol. The first-order valence-corrected chi connectivity index (χ1v) is 8.87. The van der Waals surface area contributed by atoms with Crippen molar-refractivity contribution in [3.63, 3.8) is 0 Å². The van der Waals surface area contributed by atoms with Crippen molar-refractivity contribution in [2.75, 3.05) is 31.1 Å². The average Bonchev–Trinajstić information content (AvgIpc) is 3.24. The summed E-state index contributed by atoms with van der Waals surface area (Å²) in [5.74, 6) is 0.979. The molecular formula is C20H20N4O3. The van der Waals surface area contributed by atoms with E-state index >= 15 is 0 Å². The van der Waals surface area contributed by atoms with Crippen LogP contribution in [0.3, 0.4) is 0 Å². The maximum Gasteiger partial charge on any atom is 0.289 e. The van der Waals surface area contributed by atoms with Crippen LogP contribution in [0, 0.1) is 6.92 Å². The number of rotatable bonds is 3. The highest BCUT2D eigenvalue weighted by molar-refractivity contribution is 5.91. The van der Waals surface area contributed by atoms with Gasteiger partial charge in [-0.25, -0.2) is 0 Å². The summed E-state index contributed by atoms with van der Waals surface area (Å²) in [6.07, 6.45) is 1.50. The topological polar surface area (TPSA) is 71.6 Å². The third-order valence-electron chi connectivity index (χ3n) is 4.69. The Bertz CT molecular complexity index is 985. The van der Waals surface area contributed by atoms with Crippen LogP contribution in [0.15, 0.2) is 64.0 Å². The Labute approximate surface area is 156 Å². The molecule has 0 saturated carbocycles. The smallest absolute Gasteiger partial charge is 0.289 e. The van der Waals surface area contributed by atoms with Crippen LogP contribution in [0.25, 0.3) is 5.69 Å². The van der Waals surface area contributed by atoms with E-state index in [0.29, 0.717) is 31.9 Å². The van der Waals surface area contributed by atoms with Crippen LogP contribution in [0.4, 0.5) is 5.82 Å². The van der Waals surface area contributed by atoms with Gasteiger partial charge >= 0.3 is 0 Å². The molecule has 3 heterocycles. The number of hydrogen-bond acceptors (Lipinski definition) is 5. The second-order valence-electron chi connectivity index (χ2n) is 6.53. The van der Waals surface area contributed by atoms with E-state index in [-0.39, 0.29) is 11.5 Å². The molecule has 1 fully saturated rings. The summed E-state index contributed by atoms with van der Waals surface area (Å²) in [5, 5.41) is 4.52. The molecule has 2 aromatic heterocycles. The van der Waals surface area contributed by atoms with E-state index in [9.17, 15) is 9.59 Å². The number of hydrogen-bond donors (Lipinski definition) is 0. The van der Waals surface area contributed by atoms with Crippen molar-refractivity contribution >= 4 is 11.7 Å². The maximum atomic E-state index is 12.4. The van der Waals surface area contributed by atoms with Crippen molar-refractivity contribution < 1.29 is 9.21 Å². The molecule has 0 atom stereocenters. The molecule has 0 N–H and O–H groups in total. The SMILES string of the molecule is Cc1ccc(-n2nc(N3CCN(C(=O)c4ccco4)CC3)ccc2=O)cc1. The van der Waals surface area contributed by atoms with E-state index in [1.165, 1.54) is 17.0 Å². The zero-order valence-corrected chi connectivity index (χ0v) is 15.0. The van der Waals surface area contributed by atoms with Crippen LogP contribution < -0.4 is 10.5 Å².